The van der Waals surface area contributed by atoms with Crippen LogP contribution in [0.1, 0.15) is 13.3 Å². The SMILES string of the molecule is CC(C1CC1C#N)N1CCOc2c(Cl)c(Br)c(F)c3nc(S(C)(=O)=O)nc1c23. The number of nitrogens with zero attached hydrogens (tertiary/aromatic N) is 4. The van der Waals surface area contributed by atoms with Crippen molar-refractivity contribution in [2.75, 3.05) is 24.3 Å². The third-order valence-electron chi connectivity index (χ3n) is 5.19. The molecule has 3 unspecified atom stereocenters. The third kappa shape index (κ3) is 3.00. The molecule has 1 aliphatic heterocycles. The summed E-state index contributed by atoms with van der Waals surface area (Å²) in [5.74, 6) is -0.258. The van der Waals surface area contributed by atoms with Crippen molar-refractivity contribution < 1.29 is 17.5 Å². The highest BCUT2D eigenvalue weighted by Crippen LogP contribution is 2.48. The maximum Gasteiger partial charge on any atom is 0.249 e. The van der Waals surface area contributed by atoms with Gasteiger partial charge in [0.1, 0.15) is 23.0 Å². The van der Waals surface area contributed by atoms with Crippen molar-refractivity contribution in [3.05, 3.63) is 15.3 Å². The van der Waals surface area contributed by atoms with E-state index in [9.17, 15) is 18.1 Å². The first-order valence-corrected chi connectivity index (χ1v) is 11.6. The molecule has 0 spiro atoms. The van der Waals surface area contributed by atoms with Crippen molar-refractivity contribution in [2.45, 2.75) is 24.5 Å². The van der Waals surface area contributed by atoms with Gasteiger partial charge in [-0.05, 0) is 35.2 Å². The largest absolute Gasteiger partial charge is 0.489 e. The normalized spacial score (nSPS) is 22.4. The summed E-state index contributed by atoms with van der Waals surface area (Å²) in [6.45, 7) is 2.57. The van der Waals surface area contributed by atoms with E-state index in [2.05, 4.69) is 32.0 Å². The molecule has 0 amide bonds. The van der Waals surface area contributed by atoms with Crippen molar-refractivity contribution >= 4 is 54.1 Å². The molecule has 2 heterocycles. The van der Waals surface area contributed by atoms with Crippen LogP contribution in [0, 0.1) is 29.0 Å². The fourth-order valence-corrected chi connectivity index (χ4v) is 4.70. The number of anilines is 1. The highest BCUT2D eigenvalue weighted by Gasteiger charge is 2.45. The fourth-order valence-electron chi connectivity index (χ4n) is 3.59. The van der Waals surface area contributed by atoms with E-state index in [1.165, 1.54) is 0 Å². The topological polar surface area (TPSA) is 96.2 Å². The summed E-state index contributed by atoms with van der Waals surface area (Å²) in [6, 6.07) is 2.14. The summed E-state index contributed by atoms with van der Waals surface area (Å²) in [7, 11) is -3.79. The molecule has 0 saturated heterocycles. The number of aromatic nitrogens is 2. The van der Waals surface area contributed by atoms with E-state index in [1.54, 1.807) is 0 Å². The molecular formula is C17H15BrClFN4O3S. The maximum absolute atomic E-state index is 15.0. The van der Waals surface area contributed by atoms with Gasteiger partial charge in [0.2, 0.25) is 15.0 Å². The molecule has 2 aromatic rings. The molecule has 148 valence electrons. The minimum Gasteiger partial charge on any atom is -0.489 e. The fraction of sp³-hybridized carbons (Fsp3) is 0.471. The van der Waals surface area contributed by atoms with Crippen LogP contribution < -0.4 is 9.64 Å². The van der Waals surface area contributed by atoms with Crippen molar-refractivity contribution in [1.82, 2.24) is 9.97 Å². The lowest BCUT2D eigenvalue weighted by Gasteiger charge is -2.29. The number of nitriles is 1. The van der Waals surface area contributed by atoms with Crippen LogP contribution in [-0.2, 0) is 9.84 Å². The molecule has 1 aromatic carbocycles. The third-order valence-corrected chi connectivity index (χ3v) is 7.37. The van der Waals surface area contributed by atoms with Crippen LogP contribution in [0.3, 0.4) is 0 Å². The van der Waals surface area contributed by atoms with Gasteiger partial charge in [-0.1, -0.05) is 11.6 Å². The predicted molar refractivity (Wildman–Crippen MR) is 105 cm³/mol. The maximum atomic E-state index is 15.0. The molecule has 2 aliphatic rings. The second kappa shape index (κ2) is 6.68. The number of rotatable bonds is 3. The lowest BCUT2D eigenvalue weighted by molar-refractivity contribution is 0.325. The number of hydrogen-bond donors (Lipinski definition) is 0. The second-order valence-corrected chi connectivity index (χ2v) is 10.1. The van der Waals surface area contributed by atoms with Gasteiger partial charge >= 0.3 is 0 Å². The average molecular weight is 490 g/mol. The second-order valence-electron chi connectivity index (χ2n) is 7.01. The molecule has 1 aromatic heterocycles. The first-order valence-electron chi connectivity index (χ1n) is 8.52. The zero-order valence-corrected chi connectivity index (χ0v) is 18.1. The van der Waals surface area contributed by atoms with E-state index >= 15 is 0 Å². The average Bonchev–Trinajstić information content (AvgIpc) is 3.45. The summed E-state index contributed by atoms with van der Waals surface area (Å²) in [6.07, 6.45) is 1.72. The number of sulfone groups is 1. The molecule has 0 bridgehead atoms. The van der Waals surface area contributed by atoms with Gasteiger partial charge in [0, 0.05) is 12.3 Å². The summed E-state index contributed by atoms with van der Waals surface area (Å²) >= 11 is 9.38. The molecule has 4 rings (SSSR count). The van der Waals surface area contributed by atoms with Crippen LogP contribution in [-0.4, -0.2) is 43.8 Å². The lowest BCUT2D eigenvalue weighted by atomic mass is 10.1. The quantitative estimate of drug-likeness (QED) is 0.482. The van der Waals surface area contributed by atoms with Gasteiger partial charge in [0.25, 0.3) is 0 Å². The standard InChI is InChI=1S/C17H15BrClFN4O3S/c1-7(9-5-8(9)6-21)24-3-4-27-15-10-14(13(20)11(18)12(15)19)22-17(23-16(10)24)28(2,25)26/h7-9H,3-5H2,1-2H3. The zero-order chi connectivity index (χ0) is 20.4. The van der Waals surface area contributed by atoms with E-state index in [0.29, 0.717) is 6.54 Å². The number of hydrogen-bond acceptors (Lipinski definition) is 7. The molecular weight excluding hydrogens is 475 g/mol. The number of halogens is 3. The van der Waals surface area contributed by atoms with Gasteiger partial charge in [-0.3, -0.25) is 0 Å². The molecule has 11 heteroatoms. The molecule has 0 N–H and O–H groups in total. The Balaban J connectivity index is 2.03. The van der Waals surface area contributed by atoms with E-state index in [0.717, 1.165) is 12.7 Å². The van der Waals surface area contributed by atoms with Crippen molar-refractivity contribution in [3.63, 3.8) is 0 Å². The predicted octanol–water partition coefficient (Wildman–Crippen LogP) is 3.34. The van der Waals surface area contributed by atoms with Crippen LogP contribution in [0.15, 0.2) is 9.63 Å². The highest BCUT2D eigenvalue weighted by atomic mass is 79.9. The van der Waals surface area contributed by atoms with Gasteiger partial charge in [-0.25, -0.2) is 22.8 Å². The van der Waals surface area contributed by atoms with Crippen LogP contribution in [0.2, 0.25) is 5.02 Å². The minimum absolute atomic E-state index is 0.0396. The Labute approximate surface area is 174 Å². The summed E-state index contributed by atoms with van der Waals surface area (Å²) in [5, 5.41) is 8.97. The minimum atomic E-state index is -3.79. The van der Waals surface area contributed by atoms with Gasteiger partial charge < -0.3 is 9.64 Å². The monoisotopic (exact) mass is 488 g/mol. The Kier molecular flexibility index (Phi) is 4.68. The lowest BCUT2D eigenvalue weighted by Crippen LogP contribution is -2.38. The van der Waals surface area contributed by atoms with Crippen LogP contribution in [0.4, 0.5) is 10.2 Å². The Morgan fingerprint density at radius 1 is 1.46 bits per heavy atom. The van der Waals surface area contributed by atoms with E-state index in [1.807, 2.05) is 11.8 Å². The first kappa shape index (κ1) is 19.6. The molecule has 3 atom stereocenters. The van der Waals surface area contributed by atoms with Crippen LogP contribution in [0.5, 0.6) is 5.75 Å². The molecule has 1 saturated carbocycles. The van der Waals surface area contributed by atoms with Crippen molar-refractivity contribution in [1.29, 1.82) is 5.26 Å². The van der Waals surface area contributed by atoms with Gasteiger partial charge in [0.15, 0.2) is 11.6 Å². The number of benzene rings is 1. The zero-order valence-electron chi connectivity index (χ0n) is 14.9. The molecule has 1 fully saturated rings. The Bertz CT molecular complexity index is 1150. The number of ether oxygens (including phenoxy) is 1. The van der Waals surface area contributed by atoms with Gasteiger partial charge in [-0.15, -0.1) is 0 Å². The molecule has 0 radical (unpaired) electrons. The van der Waals surface area contributed by atoms with Gasteiger partial charge in [0.05, 0.1) is 28.4 Å². The first-order chi connectivity index (χ1) is 13.1. The Morgan fingerprint density at radius 3 is 2.79 bits per heavy atom. The van der Waals surface area contributed by atoms with E-state index in [4.69, 9.17) is 16.3 Å². The van der Waals surface area contributed by atoms with Crippen LogP contribution >= 0.6 is 27.5 Å². The van der Waals surface area contributed by atoms with Gasteiger partial charge in [-0.2, -0.15) is 5.26 Å². The Morgan fingerprint density at radius 2 is 2.18 bits per heavy atom. The van der Waals surface area contributed by atoms with Crippen molar-refractivity contribution in [3.8, 4) is 11.8 Å². The van der Waals surface area contributed by atoms with Crippen LogP contribution in [0.25, 0.3) is 10.9 Å². The summed E-state index contributed by atoms with van der Waals surface area (Å²) in [5.41, 5.74) is -0.177. The Hall–Kier alpha value is -1.70. The highest BCUT2D eigenvalue weighted by molar-refractivity contribution is 9.10. The smallest absolute Gasteiger partial charge is 0.249 e. The molecule has 28 heavy (non-hydrogen) atoms. The molecule has 7 nitrogen and oxygen atoms in total. The molecule has 1 aliphatic carbocycles. The summed E-state index contributed by atoms with van der Waals surface area (Å²) in [4.78, 5) is 10.1. The van der Waals surface area contributed by atoms with E-state index in [-0.39, 0.29) is 56.5 Å². The summed E-state index contributed by atoms with van der Waals surface area (Å²) < 4.78 is 45.0. The van der Waals surface area contributed by atoms with E-state index < -0.39 is 20.8 Å². The van der Waals surface area contributed by atoms with Crippen molar-refractivity contribution in [2.24, 2.45) is 11.8 Å².